The first kappa shape index (κ1) is 20.5. The number of phenols is 2. The first-order valence-electron chi connectivity index (χ1n) is 9.62. The number of rotatable bonds is 4. The van der Waals surface area contributed by atoms with Gasteiger partial charge in [0.25, 0.3) is 0 Å². The second-order valence-electron chi connectivity index (χ2n) is 6.85. The fourth-order valence-corrected chi connectivity index (χ4v) is 3.17. The third-order valence-electron chi connectivity index (χ3n) is 4.81. The number of nitrogens with zero attached hydrogens (tertiary/aromatic N) is 2. The summed E-state index contributed by atoms with van der Waals surface area (Å²) in [6.07, 6.45) is 2.48. The number of fused-ring (bicyclic) bond motifs is 2. The van der Waals surface area contributed by atoms with Crippen molar-refractivity contribution in [3.8, 4) is 11.5 Å². The van der Waals surface area contributed by atoms with Crippen LogP contribution in [0, 0.1) is 0 Å². The Bertz CT molecular complexity index is 1290. The SMILES string of the molecule is O=C(NN=Cc1ccc2ccccc2c1O)C(=O)NN=Cc1ccc2ccccc2c1O. The molecule has 0 fully saturated rings. The molecule has 0 saturated heterocycles. The van der Waals surface area contributed by atoms with Crippen LogP contribution in [0.25, 0.3) is 21.5 Å². The smallest absolute Gasteiger partial charge is 0.331 e. The molecule has 2 amide bonds. The monoisotopic (exact) mass is 426 g/mol. The number of amides is 2. The van der Waals surface area contributed by atoms with Gasteiger partial charge in [-0.05, 0) is 22.9 Å². The van der Waals surface area contributed by atoms with Gasteiger partial charge >= 0.3 is 11.8 Å². The summed E-state index contributed by atoms with van der Waals surface area (Å²) in [5.41, 5.74) is 4.92. The Hall–Kier alpha value is -4.72. The first-order valence-corrected chi connectivity index (χ1v) is 9.62. The number of hydrazone groups is 2. The van der Waals surface area contributed by atoms with Crippen molar-refractivity contribution in [2.75, 3.05) is 0 Å². The Kier molecular flexibility index (Phi) is 5.76. The van der Waals surface area contributed by atoms with E-state index < -0.39 is 11.8 Å². The Balaban J connectivity index is 1.37. The van der Waals surface area contributed by atoms with Gasteiger partial charge in [-0.3, -0.25) is 9.59 Å². The molecule has 8 nitrogen and oxygen atoms in total. The molecular weight excluding hydrogens is 408 g/mol. The Labute approximate surface area is 182 Å². The number of hydrogen-bond donors (Lipinski definition) is 4. The van der Waals surface area contributed by atoms with Crippen LogP contribution in [0.3, 0.4) is 0 Å². The van der Waals surface area contributed by atoms with Gasteiger partial charge in [0.05, 0.1) is 12.4 Å². The van der Waals surface area contributed by atoms with Crippen LogP contribution in [0.2, 0.25) is 0 Å². The topological polar surface area (TPSA) is 123 Å². The fraction of sp³-hybridized carbons (Fsp3) is 0. The lowest BCUT2D eigenvalue weighted by Gasteiger charge is -2.04. The van der Waals surface area contributed by atoms with E-state index in [0.29, 0.717) is 21.9 Å². The molecule has 0 aliphatic carbocycles. The third-order valence-corrected chi connectivity index (χ3v) is 4.81. The summed E-state index contributed by atoms with van der Waals surface area (Å²) in [7, 11) is 0. The van der Waals surface area contributed by atoms with Crippen molar-refractivity contribution in [1.82, 2.24) is 10.9 Å². The normalized spacial score (nSPS) is 11.4. The van der Waals surface area contributed by atoms with Crippen LogP contribution < -0.4 is 10.9 Å². The van der Waals surface area contributed by atoms with Crippen molar-refractivity contribution in [2.24, 2.45) is 10.2 Å². The lowest BCUT2D eigenvalue weighted by molar-refractivity contribution is -0.139. The highest BCUT2D eigenvalue weighted by atomic mass is 16.3. The zero-order valence-corrected chi connectivity index (χ0v) is 16.7. The molecule has 4 rings (SSSR count). The maximum absolute atomic E-state index is 11.9. The van der Waals surface area contributed by atoms with E-state index in [-0.39, 0.29) is 11.5 Å². The largest absolute Gasteiger partial charge is 0.507 e. The molecule has 4 aromatic carbocycles. The quantitative estimate of drug-likeness (QED) is 0.228. The lowest BCUT2D eigenvalue weighted by atomic mass is 10.1. The van der Waals surface area contributed by atoms with Crippen LogP contribution in [0.5, 0.6) is 11.5 Å². The summed E-state index contributed by atoms with van der Waals surface area (Å²) < 4.78 is 0. The third kappa shape index (κ3) is 4.24. The number of benzene rings is 4. The van der Waals surface area contributed by atoms with E-state index in [4.69, 9.17) is 0 Å². The molecule has 4 aromatic rings. The van der Waals surface area contributed by atoms with Gasteiger partial charge < -0.3 is 10.2 Å². The van der Waals surface area contributed by atoms with E-state index in [9.17, 15) is 19.8 Å². The standard InChI is InChI=1S/C24H18N4O4/c29-21-17(11-9-15-5-1-3-7-19(15)21)13-25-27-23(31)24(32)28-26-14-18-12-10-16-6-2-4-8-20(16)22(18)30/h1-14,29-30H,(H,27,31)(H,28,32). The van der Waals surface area contributed by atoms with Crippen molar-refractivity contribution >= 4 is 45.8 Å². The van der Waals surface area contributed by atoms with Gasteiger partial charge in [-0.1, -0.05) is 60.7 Å². The van der Waals surface area contributed by atoms with Crippen LogP contribution in [0.4, 0.5) is 0 Å². The van der Waals surface area contributed by atoms with E-state index in [1.54, 1.807) is 36.4 Å². The summed E-state index contributed by atoms with van der Waals surface area (Å²) in [5.74, 6) is -2.04. The number of aromatic hydroxyl groups is 2. The molecule has 0 heterocycles. The van der Waals surface area contributed by atoms with Gasteiger partial charge in [-0.15, -0.1) is 0 Å². The Morgan fingerprint density at radius 2 is 1.03 bits per heavy atom. The number of nitrogens with one attached hydrogen (secondary N) is 2. The minimum absolute atomic E-state index is 0.0188. The molecule has 0 aromatic heterocycles. The summed E-state index contributed by atoms with van der Waals surface area (Å²) in [6.45, 7) is 0. The molecule has 4 N–H and O–H groups in total. The molecule has 0 aliphatic heterocycles. The molecule has 0 aliphatic rings. The average Bonchev–Trinajstić information content (AvgIpc) is 2.82. The van der Waals surface area contributed by atoms with E-state index in [0.717, 1.165) is 10.8 Å². The number of hydrogen-bond acceptors (Lipinski definition) is 6. The molecule has 32 heavy (non-hydrogen) atoms. The van der Waals surface area contributed by atoms with Crippen molar-refractivity contribution in [3.05, 3.63) is 83.9 Å². The Morgan fingerprint density at radius 1 is 0.625 bits per heavy atom. The second kappa shape index (κ2) is 8.97. The zero-order chi connectivity index (χ0) is 22.5. The minimum atomic E-state index is -1.04. The molecule has 0 unspecified atom stereocenters. The summed E-state index contributed by atoms with van der Waals surface area (Å²) in [6, 6.07) is 21.5. The molecule has 0 radical (unpaired) electrons. The lowest BCUT2D eigenvalue weighted by Crippen LogP contribution is -2.35. The molecule has 158 valence electrons. The summed E-state index contributed by atoms with van der Waals surface area (Å²) in [4.78, 5) is 23.8. The number of carbonyl (C=O) groups is 2. The molecule has 0 atom stereocenters. The summed E-state index contributed by atoms with van der Waals surface area (Å²) in [5, 5.41) is 31.1. The minimum Gasteiger partial charge on any atom is -0.507 e. The molecule has 0 spiro atoms. The fourth-order valence-electron chi connectivity index (χ4n) is 3.17. The molecule has 0 bridgehead atoms. The summed E-state index contributed by atoms with van der Waals surface area (Å²) >= 11 is 0. The molecular formula is C24H18N4O4. The van der Waals surface area contributed by atoms with E-state index >= 15 is 0 Å². The predicted molar refractivity (Wildman–Crippen MR) is 123 cm³/mol. The van der Waals surface area contributed by atoms with Gasteiger partial charge in [0.1, 0.15) is 11.5 Å². The molecule has 8 heteroatoms. The van der Waals surface area contributed by atoms with Crippen molar-refractivity contribution in [1.29, 1.82) is 0 Å². The van der Waals surface area contributed by atoms with Crippen LogP contribution in [-0.2, 0) is 9.59 Å². The maximum atomic E-state index is 11.9. The maximum Gasteiger partial charge on any atom is 0.331 e. The van der Waals surface area contributed by atoms with Gasteiger partial charge in [-0.2, -0.15) is 10.2 Å². The van der Waals surface area contributed by atoms with Crippen LogP contribution >= 0.6 is 0 Å². The van der Waals surface area contributed by atoms with Gasteiger partial charge in [0, 0.05) is 21.9 Å². The van der Waals surface area contributed by atoms with Gasteiger partial charge in [0.15, 0.2) is 0 Å². The van der Waals surface area contributed by atoms with E-state index in [1.165, 1.54) is 12.4 Å². The Morgan fingerprint density at radius 3 is 1.47 bits per heavy atom. The van der Waals surface area contributed by atoms with E-state index in [1.807, 2.05) is 36.4 Å². The van der Waals surface area contributed by atoms with Gasteiger partial charge in [-0.25, -0.2) is 10.9 Å². The highest BCUT2D eigenvalue weighted by Gasteiger charge is 2.12. The van der Waals surface area contributed by atoms with E-state index in [2.05, 4.69) is 21.1 Å². The second-order valence-corrected chi connectivity index (χ2v) is 6.85. The number of carbonyl (C=O) groups excluding carboxylic acids is 2. The van der Waals surface area contributed by atoms with Crippen molar-refractivity contribution in [2.45, 2.75) is 0 Å². The van der Waals surface area contributed by atoms with Crippen LogP contribution in [0.1, 0.15) is 11.1 Å². The van der Waals surface area contributed by atoms with Crippen LogP contribution in [0.15, 0.2) is 83.0 Å². The zero-order valence-electron chi connectivity index (χ0n) is 16.7. The van der Waals surface area contributed by atoms with Crippen LogP contribution in [-0.4, -0.2) is 34.5 Å². The van der Waals surface area contributed by atoms with Crippen molar-refractivity contribution in [3.63, 3.8) is 0 Å². The average molecular weight is 426 g/mol. The van der Waals surface area contributed by atoms with Gasteiger partial charge in [0.2, 0.25) is 0 Å². The number of phenolic OH excluding ortho intramolecular Hbond substituents is 2. The molecule has 0 saturated carbocycles. The first-order chi connectivity index (χ1) is 15.5. The highest BCUT2D eigenvalue weighted by molar-refractivity contribution is 6.35. The predicted octanol–water partition coefficient (Wildman–Crippen LogP) is 3.00. The highest BCUT2D eigenvalue weighted by Crippen LogP contribution is 2.28. The van der Waals surface area contributed by atoms with Crippen molar-refractivity contribution < 1.29 is 19.8 Å².